The number of hydrogen-bond donors (Lipinski definition) is 1. The van der Waals surface area contributed by atoms with Crippen molar-refractivity contribution in [2.45, 2.75) is 51.3 Å². The van der Waals surface area contributed by atoms with Crippen LogP contribution in [0.5, 0.6) is 0 Å². The Labute approximate surface area is 103 Å². The summed E-state index contributed by atoms with van der Waals surface area (Å²) in [5.74, 6) is 0. The summed E-state index contributed by atoms with van der Waals surface area (Å²) in [6.07, 6.45) is 7.70. The van der Waals surface area contributed by atoms with Gasteiger partial charge in [-0.25, -0.2) is 0 Å². The first-order chi connectivity index (χ1) is 8.15. The van der Waals surface area contributed by atoms with Crippen LogP contribution in [0.15, 0.2) is 12.4 Å². The molecular weight excluding hydrogens is 214 g/mol. The van der Waals surface area contributed by atoms with Crippen molar-refractivity contribution in [3.8, 4) is 0 Å². The number of methoxy groups -OCH3 is 1. The molecule has 0 aliphatic heterocycles. The van der Waals surface area contributed by atoms with E-state index in [4.69, 9.17) is 4.74 Å². The highest BCUT2D eigenvalue weighted by atomic mass is 16.5. The second kappa shape index (κ2) is 5.19. The highest BCUT2D eigenvalue weighted by molar-refractivity contribution is 5.04. The lowest BCUT2D eigenvalue weighted by atomic mass is 9.80. The van der Waals surface area contributed by atoms with Gasteiger partial charge in [0.15, 0.2) is 0 Å². The van der Waals surface area contributed by atoms with Gasteiger partial charge in [0.1, 0.15) is 0 Å². The van der Waals surface area contributed by atoms with Gasteiger partial charge in [0.2, 0.25) is 0 Å². The molecule has 1 aromatic rings. The van der Waals surface area contributed by atoms with Crippen LogP contribution in [0.1, 0.15) is 44.7 Å². The standard InChI is InChI=1S/C13H23N3O/c1-11(2)16-9-12(8-15-16)7-14-10-13(17-3)5-4-6-13/h8-9,11,14H,4-7,10H2,1-3H3. The summed E-state index contributed by atoms with van der Waals surface area (Å²) in [7, 11) is 1.82. The molecule has 1 aromatic heterocycles. The maximum atomic E-state index is 5.57. The summed E-state index contributed by atoms with van der Waals surface area (Å²) in [5, 5.41) is 7.80. The molecule has 0 atom stereocenters. The number of nitrogens with one attached hydrogen (secondary N) is 1. The Balaban J connectivity index is 1.77. The van der Waals surface area contributed by atoms with Crippen LogP contribution >= 0.6 is 0 Å². The molecule has 1 saturated carbocycles. The highest BCUT2D eigenvalue weighted by Crippen LogP contribution is 2.34. The van der Waals surface area contributed by atoms with Gasteiger partial charge < -0.3 is 10.1 Å². The van der Waals surface area contributed by atoms with Crippen molar-refractivity contribution in [1.29, 1.82) is 0 Å². The van der Waals surface area contributed by atoms with Crippen LogP contribution < -0.4 is 5.32 Å². The molecule has 4 nitrogen and oxygen atoms in total. The van der Waals surface area contributed by atoms with Crippen molar-refractivity contribution >= 4 is 0 Å². The van der Waals surface area contributed by atoms with Gasteiger partial charge in [-0.1, -0.05) is 0 Å². The van der Waals surface area contributed by atoms with Gasteiger partial charge >= 0.3 is 0 Å². The molecule has 0 bridgehead atoms. The fraction of sp³-hybridized carbons (Fsp3) is 0.769. The maximum Gasteiger partial charge on any atom is 0.0802 e. The van der Waals surface area contributed by atoms with Crippen LogP contribution in [0, 0.1) is 0 Å². The van der Waals surface area contributed by atoms with E-state index in [1.165, 1.54) is 24.8 Å². The summed E-state index contributed by atoms with van der Waals surface area (Å²) in [4.78, 5) is 0. The Kier molecular flexibility index (Phi) is 3.84. The van der Waals surface area contributed by atoms with E-state index in [1.807, 2.05) is 18.0 Å². The lowest BCUT2D eigenvalue weighted by molar-refractivity contribution is -0.0695. The molecule has 0 aromatic carbocycles. The molecule has 0 amide bonds. The maximum absolute atomic E-state index is 5.57. The minimum Gasteiger partial charge on any atom is -0.377 e. The fourth-order valence-electron chi connectivity index (χ4n) is 2.21. The van der Waals surface area contributed by atoms with Crippen LogP contribution in [0.4, 0.5) is 0 Å². The predicted octanol–water partition coefficient (Wildman–Crippen LogP) is 2.12. The van der Waals surface area contributed by atoms with Crippen molar-refractivity contribution in [1.82, 2.24) is 15.1 Å². The van der Waals surface area contributed by atoms with Crippen molar-refractivity contribution < 1.29 is 4.74 Å². The molecule has 2 rings (SSSR count). The van der Waals surface area contributed by atoms with Gasteiger partial charge in [0.05, 0.1) is 11.8 Å². The van der Waals surface area contributed by atoms with E-state index in [2.05, 4.69) is 30.5 Å². The molecule has 0 unspecified atom stereocenters. The molecule has 1 fully saturated rings. The molecule has 1 aliphatic rings. The van der Waals surface area contributed by atoms with Gasteiger partial charge in [-0.15, -0.1) is 0 Å². The molecule has 1 heterocycles. The second-order valence-electron chi connectivity index (χ2n) is 5.27. The molecule has 4 heteroatoms. The third-order valence-corrected chi connectivity index (χ3v) is 3.66. The molecule has 0 radical (unpaired) electrons. The van der Waals surface area contributed by atoms with Gasteiger partial charge in [-0.05, 0) is 33.1 Å². The van der Waals surface area contributed by atoms with E-state index in [-0.39, 0.29) is 5.60 Å². The SMILES string of the molecule is COC1(CNCc2cnn(C(C)C)c2)CCC1. The van der Waals surface area contributed by atoms with Crippen molar-refractivity contribution in [2.75, 3.05) is 13.7 Å². The number of aromatic nitrogens is 2. The first kappa shape index (κ1) is 12.6. The lowest BCUT2D eigenvalue weighted by Crippen LogP contribution is -2.47. The van der Waals surface area contributed by atoms with Crippen LogP contribution in [-0.2, 0) is 11.3 Å². The van der Waals surface area contributed by atoms with Crippen LogP contribution in [-0.4, -0.2) is 29.0 Å². The van der Waals surface area contributed by atoms with E-state index in [9.17, 15) is 0 Å². The zero-order valence-corrected chi connectivity index (χ0v) is 11.1. The summed E-state index contributed by atoms with van der Waals surface area (Å²) in [5.41, 5.74) is 1.35. The van der Waals surface area contributed by atoms with Crippen molar-refractivity contribution in [2.24, 2.45) is 0 Å². The Bertz CT molecular complexity index is 350. The summed E-state index contributed by atoms with van der Waals surface area (Å²) >= 11 is 0. The van der Waals surface area contributed by atoms with E-state index < -0.39 is 0 Å². The van der Waals surface area contributed by atoms with Crippen LogP contribution in [0.3, 0.4) is 0 Å². The molecule has 17 heavy (non-hydrogen) atoms. The average Bonchev–Trinajstić information content (AvgIpc) is 2.71. The van der Waals surface area contributed by atoms with Gasteiger partial charge in [0, 0.05) is 38.0 Å². The minimum atomic E-state index is 0.105. The highest BCUT2D eigenvalue weighted by Gasteiger charge is 2.36. The lowest BCUT2D eigenvalue weighted by Gasteiger charge is -2.40. The Hall–Kier alpha value is -0.870. The average molecular weight is 237 g/mol. The van der Waals surface area contributed by atoms with Gasteiger partial charge in [-0.2, -0.15) is 5.10 Å². The number of ether oxygens (including phenoxy) is 1. The van der Waals surface area contributed by atoms with E-state index >= 15 is 0 Å². The summed E-state index contributed by atoms with van der Waals surface area (Å²) < 4.78 is 7.56. The number of hydrogen-bond acceptors (Lipinski definition) is 3. The van der Waals surface area contributed by atoms with Gasteiger partial charge in [-0.3, -0.25) is 4.68 Å². The number of nitrogens with zero attached hydrogens (tertiary/aromatic N) is 2. The third-order valence-electron chi connectivity index (χ3n) is 3.66. The molecule has 1 N–H and O–H groups in total. The zero-order chi connectivity index (χ0) is 12.3. The predicted molar refractivity (Wildman–Crippen MR) is 67.9 cm³/mol. The summed E-state index contributed by atoms with van der Waals surface area (Å²) in [6.45, 7) is 6.09. The molecule has 1 aliphatic carbocycles. The van der Waals surface area contributed by atoms with Gasteiger partial charge in [0.25, 0.3) is 0 Å². The molecular formula is C13H23N3O. The molecule has 0 spiro atoms. The Morgan fingerprint density at radius 3 is 2.76 bits per heavy atom. The third kappa shape index (κ3) is 2.87. The van der Waals surface area contributed by atoms with E-state index in [0.29, 0.717) is 6.04 Å². The normalized spacial score (nSPS) is 18.4. The Morgan fingerprint density at radius 1 is 1.53 bits per heavy atom. The Morgan fingerprint density at radius 2 is 2.29 bits per heavy atom. The zero-order valence-electron chi connectivity index (χ0n) is 11.1. The smallest absolute Gasteiger partial charge is 0.0802 e. The largest absolute Gasteiger partial charge is 0.377 e. The molecule has 96 valence electrons. The topological polar surface area (TPSA) is 39.1 Å². The van der Waals surface area contributed by atoms with Crippen LogP contribution in [0.2, 0.25) is 0 Å². The van der Waals surface area contributed by atoms with Crippen molar-refractivity contribution in [3.05, 3.63) is 18.0 Å². The minimum absolute atomic E-state index is 0.105. The van der Waals surface area contributed by atoms with E-state index in [0.717, 1.165) is 13.1 Å². The monoisotopic (exact) mass is 237 g/mol. The first-order valence-electron chi connectivity index (χ1n) is 6.44. The number of rotatable bonds is 6. The molecule has 0 saturated heterocycles. The second-order valence-corrected chi connectivity index (χ2v) is 5.27. The van der Waals surface area contributed by atoms with Crippen LogP contribution in [0.25, 0.3) is 0 Å². The fourth-order valence-corrected chi connectivity index (χ4v) is 2.21. The first-order valence-corrected chi connectivity index (χ1v) is 6.44. The quantitative estimate of drug-likeness (QED) is 0.823. The van der Waals surface area contributed by atoms with Crippen molar-refractivity contribution in [3.63, 3.8) is 0 Å². The summed E-state index contributed by atoms with van der Waals surface area (Å²) in [6, 6.07) is 0.431. The van der Waals surface area contributed by atoms with E-state index in [1.54, 1.807) is 0 Å².